The van der Waals surface area contributed by atoms with Crippen LogP contribution >= 0.6 is 27.5 Å². The highest BCUT2D eigenvalue weighted by molar-refractivity contribution is 9.10. The average molecular weight is 304 g/mol. The van der Waals surface area contributed by atoms with Crippen molar-refractivity contribution in [3.63, 3.8) is 0 Å². The molecule has 0 radical (unpaired) electrons. The highest BCUT2D eigenvalue weighted by Crippen LogP contribution is 2.23. The smallest absolute Gasteiger partial charge is 0.321 e. The second kappa shape index (κ2) is 4.76. The van der Waals surface area contributed by atoms with Crippen LogP contribution in [0, 0.1) is 5.82 Å². The molecule has 6 heteroatoms. The molecule has 0 amide bonds. The topological polar surface area (TPSA) is 35.0 Å². The highest BCUT2D eigenvalue weighted by Gasteiger charge is 2.04. The highest BCUT2D eigenvalue weighted by atomic mass is 79.9. The zero-order valence-electron chi connectivity index (χ0n) is 7.82. The fourth-order valence-electron chi connectivity index (χ4n) is 0.999. The first-order chi connectivity index (χ1) is 7.65. The Kier molecular flexibility index (Phi) is 3.36. The van der Waals surface area contributed by atoms with Crippen molar-refractivity contribution in [2.45, 2.75) is 0 Å². The third kappa shape index (κ3) is 2.68. The van der Waals surface area contributed by atoms with Crippen LogP contribution in [0.4, 0.5) is 4.39 Å². The van der Waals surface area contributed by atoms with Crippen LogP contribution in [0.1, 0.15) is 0 Å². The molecular weight excluding hydrogens is 298 g/mol. The van der Waals surface area contributed by atoms with Crippen molar-refractivity contribution in [2.24, 2.45) is 0 Å². The number of rotatable bonds is 2. The molecule has 1 heterocycles. The molecule has 0 aliphatic carbocycles. The predicted octanol–water partition coefficient (Wildman–Crippen LogP) is 3.82. The molecule has 0 aliphatic heterocycles. The van der Waals surface area contributed by atoms with Gasteiger partial charge in [0.15, 0.2) is 0 Å². The molecule has 0 bridgehead atoms. The van der Waals surface area contributed by atoms with Crippen LogP contribution in [-0.4, -0.2) is 9.97 Å². The Morgan fingerprint density at radius 3 is 2.56 bits per heavy atom. The van der Waals surface area contributed by atoms with Gasteiger partial charge in [-0.25, -0.2) is 14.4 Å². The fourth-order valence-corrected chi connectivity index (χ4v) is 1.32. The first kappa shape index (κ1) is 11.3. The molecule has 0 saturated heterocycles. The molecule has 0 N–H and O–H groups in total. The molecule has 82 valence electrons. The minimum absolute atomic E-state index is 0.0454. The van der Waals surface area contributed by atoms with E-state index in [0.717, 1.165) is 4.47 Å². The molecule has 0 spiro atoms. The van der Waals surface area contributed by atoms with Gasteiger partial charge in [-0.2, -0.15) is 0 Å². The van der Waals surface area contributed by atoms with Crippen LogP contribution in [0.25, 0.3) is 0 Å². The summed E-state index contributed by atoms with van der Waals surface area (Å²) in [6.07, 6.45) is 3.07. The summed E-state index contributed by atoms with van der Waals surface area (Å²) in [5.74, 6) is -0.250. The normalized spacial score (nSPS) is 10.2. The number of halogens is 3. The molecule has 1 aromatic heterocycles. The molecule has 0 aliphatic rings. The van der Waals surface area contributed by atoms with E-state index in [1.54, 1.807) is 0 Å². The van der Waals surface area contributed by atoms with Gasteiger partial charge in [-0.15, -0.1) is 0 Å². The summed E-state index contributed by atoms with van der Waals surface area (Å²) < 4.78 is 19.1. The maximum atomic E-state index is 13.1. The average Bonchev–Trinajstić information content (AvgIpc) is 2.27. The molecule has 0 saturated carbocycles. The molecule has 0 unspecified atom stereocenters. The van der Waals surface area contributed by atoms with E-state index in [-0.39, 0.29) is 11.0 Å². The van der Waals surface area contributed by atoms with Crippen LogP contribution in [0.5, 0.6) is 11.8 Å². The molecular formula is C10H5BrClFN2O. The van der Waals surface area contributed by atoms with Crippen molar-refractivity contribution in [3.05, 3.63) is 45.9 Å². The van der Waals surface area contributed by atoms with E-state index >= 15 is 0 Å². The first-order valence-corrected chi connectivity index (χ1v) is 5.43. The zero-order valence-corrected chi connectivity index (χ0v) is 10.2. The van der Waals surface area contributed by atoms with Crippen molar-refractivity contribution in [2.75, 3.05) is 0 Å². The summed E-state index contributed by atoms with van der Waals surface area (Å²) in [5, 5.41) is 0.0454. The Balaban J connectivity index is 2.20. The summed E-state index contributed by atoms with van der Waals surface area (Å²) in [7, 11) is 0. The van der Waals surface area contributed by atoms with Gasteiger partial charge in [0.05, 0.1) is 9.50 Å². The molecule has 16 heavy (non-hydrogen) atoms. The van der Waals surface area contributed by atoms with Gasteiger partial charge in [0, 0.05) is 18.5 Å². The summed E-state index contributed by atoms with van der Waals surface area (Å²) in [6.45, 7) is 0. The Morgan fingerprint density at radius 1 is 1.25 bits per heavy atom. The van der Waals surface area contributed by atoms with Crippen LogP contribution < -0.4 is 4.74 Å². The van der Waals surface area contributed by atoms with Gasteiger partial charge in [0.1, 0.15) is 11.6 Å². The molecule has 1 aromatic carbocycles. The number of nitrogens with zero attached hydrogens (tertiary/aromatic N) is 2. The monoisotopic (exact) mass is 302 g/mol. The lowest BCUT2D eigenvalue weighted by Crippen LogP contribution is -1.91. The van der Waals surface area contributed by atoms with E-state index in [4.69, 9.17) is 16.3 Å². The van der Waals surface area contributed by atoms with E-state index < -0.39 is 5.82 Å². The van der Waals surface area contributed by atoms with Gasteiger partial charge in [-0.3, -0.25) is 0 Å². The maximum absolute atomic E-state index is 13.1. The molecule has 0 fully saturated rings. The number of benzene rings is 1. The van der Waals surface area contributed by atoms with Crippen molar-refractivity contribution < 1.29 is 9.13 Å². The standard InChI is InChI=1S/C10H5BrClFN2O/c11-6-4-14-10(15-5-6)16-7-1-2-8(12)9(13)3-7/h1-5H. The lowest BCUT2D eigenvalue weighted by Gasteiger charge is -2.03. The van der Waals surface area contributed by atoms with E-state index in [1.165, 1.54) is 30.6 Å². The van der Waals surface area contributed by atoms with Gasteiger partial charge in [-0.1, -0.05) is 11.6 Å². The number of ether oxygens (including phenoxy) is 1. The van der Waals surface area contributed by atoms with Gasteiger partial charge < -0.3 is 4.74 Å². The lowest BCUT2D eigenvalue weighted by atomic mass is 10.3. The second-order valence-electron chi connectivity index (χ2n) is 2.86. The molecule has 3 nitrogen and oxygen atoms in total. The number of aromatic nitrogens is 2. The third-order valence-corrected chi connectivity index (χ3v) is 2.41. The van der Waals surface area contributed by atoms with E-state index in [9.17, 15) is 4.39 Å². The van der Waals surface area contributed by atoms with Crippen molar-refractivity contribution in [1.82, 2.24) is 9.97 Å². The SMILES string of the molecule is Fc1cc(Oc2ncc(Br)cn2)ccc1Cl. The lowest BCUT2D eigenvalue weighted by molar-refractivity contribution is 0.437. The van der Waals surface area contributed by atoms with Gasteiger partial charge in [-0.05, 0) is 28.1 Å². The summed E-state index contributed by atoms with van der Waals surface area (Å²) in [5.41, 5.74) is 0. The number of hydrogen-bond donors (Lipinski definition) is 0. The van der Waals surface area contributed by atoms with Crippen LogP contribution in [-0.2, 0) is 0 Å². The minimum Gasteiger partial charge on any atom is -0.424 e. The van der Waals surface area contributed by atoms with Crippen LogP contribution in [0.3, 0.4) is 0 Å². The van der Waals surface area contributed by atoms with Crippen LogP contribution in [0.2, 0.25) is 5.02 Å². The van der Waals surface area contributed by atoms with Gasteiger partial charge in [0.25, 0.3) is 0 Å². The van der Waals surface area contributed by atoms with Crippen molar-refractivity contribution in [1.29, 1.82) is 0 Å². The third-order valence-electron chi connectivity index (χ3n) is 1.70. The Labute approximate surface area is 104 Å². The summed E-state index contributed by atoms with van der Waals surface area (Å²) in [4.78, 5) is 7.78. The first-order valence-electron chi connectivity index (χ1n) is 4.25. The van der Waals surface area contributed by atoms with E-state index in [2.05, 4.69) is 25.9 Å². The molecule has 0 atom stereocenters. The van der Waals surface area contributed by atoms with E-state index in [0.29, 0.717) is 5.75 Å². The summed E-state index contributed by atoms with van der Waals surface area (Å²) >= 11 is 8.73. The maximum Gasteiger partial charge on any atom is 0.321 e. The van der Waals surface area contributed by atoms with E-state index in [1.807, 2.05) is 0 Å². The van der Waals surface area contributed by atoms with Crippen LogP contribution in [0.15, 0.2) is 35.1 Å². The predicted molar refractivity (Wildman–Crippen MR) is 61.2 cm³/mol. The largest absolute Gasteiger partial charge is 0.424 e. The zero-order chi connectivity index (χ0) is 11.5. The minimum atomic E-state index is -0.545. The number of hydrogen-bond acceptors (Lipinski definition) is 3. The van der Waals surface area contributed by atoms with Gasteiger partial charge >= 0.3 is 6.01 Å². The summed E-state index contributed by atoms with van der Waals surface area (Å²) in [6, 6.07) is 4.26. The quantitative estimate of drug-likeness (QED) is 0.846. The van der Waals surface area contributed by atoms with Crippen molar-refractivity contribution >= 4 is 27.5 Å². The molecule has 2 rings (SSSR count). The Morgan fingerprint density at radius 2 is 1.94 bits per heavy atom. The fraction of sp³-hybridized carbons (Fsp3) is 0. The van der Waals surface area contributed by atoms with Crippen molar-refractivity contribution in [3.8, 4) is 11.8 Å². The Bertz CT molecular complexity index is 507. The van der Waals surface area contributed by atoms with Gasteiger partial charge in [0.2, 0.25) is 0 Å². The Hall–Kier alpha value is -1.20. The molecule has 2 aromatic rings. The second-order valence-corrected chi connectivity index (χ2v) is 4.18.